The van der Waals surface area contributed by atoms with Crippen LogP contribution in [0.25, 0.3) is 11.1 Å². The molecule has 0 fully saturated rings. The van der Waals surface area contributed by atoms with Gasteiger partial charge in [0.1, 0.15) is 23.9 Å². The first-order valence-corrected chi connectivity index (χ1v) is 12.4. The lowest BCUT2D eigenvalue weighted by atomic mass is 9.86. The summed E-state index contributed by atoms with van der Waals surface area (Å²) in [5.74, 6) is 0.450. The van der Waals surface area contributed by atoms with Crippen molar-refractivity contribution < 1.29 is 23.4 Å². The lowest BCUT2D eigenvalue weighted by Gasteiger charge is -2.27. The van der Waals surface area contributed by atoms with Crippen molar-refractivity contribution in [1.29, 1.82) is 0 Å². The summed E-state index contributed by atoms with van der Waals surface area (Å²) in [5, 5.41) is 3.02. The number of alkyl carbamates (subject to hydrolysis) is 1. The van der Waals surface area contributed by atoms with Gasteiger partial charge in [0.05, 0.1) is 18.7 Å². The van der Waals surface area contributed by atoms with Crippen LogP contribution in [-0.2, 0) is 16.8 Å². The lowest BCUT2D eigenvalue weighted by Crippen LogP contribution is -2.39. The summed E-state index contributed by atoms with van der Waals surface area (Å²) in [6.45, 7) is 2.95. The molecule has 0 unspecified atom stereocenters. The molecule has 0 aromatic heterocycles. The molecule has 0 spiro atoms. The SMILES string of the molecule is CCCCOC(=O)NCCOc1cccc(F)c1-c1c(Cl)ccc2c1C[C@@](CN)(c1ccccc1)O2. The Morgan fingerprint density at radius 2 is 1.92 bits per heavy atom. The molecule has 8 heteroatoms. The predicted molar refractivity (Wildman–Crippen MR) is 138 cm³/mol. The van der Waals surface area contributed by atoms with Crippen molar-refractivity contribution in [3.05, 3.63) is 82.6 Å². The molecule has 1 aliphatic rings. The molecule has 36 heavy (non-hydrogen) atoms. The Morgan fingerprint density at radius 1 is 1.11 bits per heavy atom. The monoisotopic (exact) mass is 512 g/mol. The number of nitrogens with one attached hydrogen (secondary N) is 1. The highest BCUT2D eigenvalue weighted by molar-refractivity contribution is 6.33. The second-order valence-electron chi connectivity index (χ2n) is 8.62. The van der Waals surface area contributed by atoms with E-state index >= 15 is 4.39 Å². The minimum absolute atomic E-state index is 0.124. The Kier molecular flexibility index (Phi) is 8.33. The second-order valence-corrected chi connectivity index (χ2v) is 9.03. The summed E-state index contributed by atoms with van der Waals surface area (Å²) in [7, 11) is 0. The van der Waals surface area contributed by atoms with Crippen molar-refractivity contribution in [3.8, 4) is 22.6 Å². The largest absolute Gasteiger partial charge is 0.491 e. The molecule has 1 amide bonds. The third-order valence-electron chi connectivity index (χ3n) is 6.20. The quantitative estimate of drug-likeness (QED) is 0.333. The average molecular weight is 513 g/mol. The number of unbranched alkanes of at least 4 members (excludes halogenated alkanes) is 1. The van der Waals surface area contributed by atoms with Crippen LogP contribution in [0.15, 0.2) is 60.7 Å². The van der Waals surface area contributed by atoms with Crippen molar-refractivity contribution in [2.75, 3.05) is 26.3 Å². The van der Waals surface area contributed by atoms with Crippen LogP contribution in [0.2, 0.25) is 5.02 Å². The minimum atomic E-state index is -0.780. The molecule has 3 aromatic rings. The standard InChI is InChI=1S/C28H30ClFN2O4/c1-2-3-15-35-27(33)32-14-16-34-24-11-7-10-22(30)26(24)25-20-17-28(18-31,19-8-5-4-6-9-19)36-23(20)13-12-21(25)29/h4-13H,2-3,14-18,31H2,1H3,(H,32,33)/t28-/m1/s1. The molecule has 0 aliphatic carbocycles. The van der Waals surface area contributed by atoms with E-state index in [1.165, 1.54) is 6.07 Å². The molecule has 3 aromatic carbocycles. The Bertz CT molecular complexity index is 1210. The Morgan fingerprint density at radius 3 is 2.67 bits per heavy atom. The van der Waals surface area contributed by atoms with Crippen LogP contribution in [0.4, 0.5) is 9.18 Å². The number of fused-ring (bicyclic) bond motifs is 1. The number of nitrogens with two attached hydrogens (primary N) is 1. The number of rotatable bonds is 10. The molecular weight excluding hydrogens is 483 g/mol. The van der Waals surface area contributed by atoms with E-state index < -0.39 is 17.5 Å². The first-order valence-electron chi connectivity index (χ1n) is 12.1. The normalized spacial score (nSPS) is 16.2. The maximum Gasteiger partial charge on any atom is 0.407 e. The molecule has 0 bridgehead atoms. The Balaban J connectivity index is 1.59. The molecule has 190 valence electrons. The van der Waals surface area contributed by atoms with Crippen molar-refractivity contribution in [3.63, 3.8) is 0 Å². The Hall–Kier alpha value is -3.29. The first kappa shape index (κ1) is 25.8. The number of amides is 1. The van der Waals surface area contributed by atoms with Crippen LogP contribution in [0.5, 0.6) is 11.5 Å². The highest BCUT2D eigenvalue weighted by Crippen LogP contribution is 2.49. The van der Waals surface area contributed by atoms with Gasteiger partial charge in [0.25, 0.3) is 0 Å². The van der Waals surface area contributed by atoms with Gasteiger partial charge in [-0.15, -0.1) is 0 Å². The minimum Gasteiger partial charge on any atom is -0.491 e. The van der Waals surface area contributed by atoms with E-state index in [2.05, 4.69) is 5.32 Å². The van der Waals surface area contributed by atoms with Gasteiger partial charge in [-0.25, -0.2) is 9.18 Å². The van der Waals surface area contributed by atoms with E-state index in [0.717, 1.165) is 24.0 Å². The van der Waals surface area contributed by atoms with Crippen LogP contribution in [0, 0.1) is 5.82 Å². The third kappa shape index (κ3) is 5.42. The number of carbonyl (C=O) groups is 1. The van der Waals surface area contributed by atoms with Gasteiger partial charge >= 0.3 is 6.09 Å². The number of carbonyl (C=O) groups excluding carboxylic acids is 1. The van der Waals surface area contributed by atoms with Gasteiger partial charge in [-0.2, -0.15) is 0 Å². The van der Waals surface area contributed by atoms with Crippen molar-refractivity contribution in [2.45, 2.75) is 31.8 Å². The van der Waals surface area contributed by atoms with Crippen LogP contribution < -0.4 is 20.5 Å². The number of halogens is 2. The van der Waals surface area contributed by atoms with Crippen LogP contribution in [0.3, 0.4) is 0 Å². The molecule has 0 saturated carbocycles. The van der Waals surface area contributed by atoms with Crippen molar-refractivity contribution in [2.24, 2.45) is 5.73 Å². The fraction of sp³-hybridized carbons (Fsp3) is 0.321. The topological polar surface area (TPSA) is 82.8 Å². The summed E-state index contributed by atoms with van der Waals surface area (Å²) < 4.78 is 32.6. The predicted octanol–water partition coefficient (Wildman–Crippen LogP) is 5.84. The van der Waals surface area contributed by atoms with E-state index in [1.807, 2.05) is 37.3 Å². The van der Waals surface area contributed by atoms with Crippen LogP contribution in [-0.4, -0.2) is 32.4 Å². The molecule has 6 nitrogen and oxygen atoms in total. The number of hydrogen-bond acceptors (Lipinski definition) is 5. The zero-order valence-electron chi connectivity index (χ0n) is 20.2. The smallest absolute Gasteiger partial charge is 0.407 e. The van der Waals surface area contributed by atoms with Gasteiger partial charge in [-0.05, 0) is 36.2 Å². The van der Waals surface area contributed by atoms with E-state index in [4.69, 9.17) is 31.5 Å². The first-order chi connectivity index (χ1) is 17.5. The summed E-state index contributed by atoms with van der Waals surface area (Å²) in [4.78, 5) is 11.8. The van der Waals surface area contributed by atoms with E-state index in [1.54, 1.807) is 24.3 Å². The van der Waals surface area contributed by atoms with Gasteiger partial charge in [0.15, 0.2) is 5.60 Å². The molecular formula is C28H30ClFN2O4. The summed E-state index contributed by atoms with van der Waals surface area (Å²) in [6, 6.07) is 17.8. The van der Waals surface area contributed by atoms with E-state index in [0.29, 0.717) is 35.1 Å². The summed E-state index contributed by atoms with van der Waals surface area (Å²) in [5.41, 5.74) is 7.89. The highest BCUT2D eigenvalue weighted by atomic mass is 35.5. The molecule has 3 N–H and O–H groups in total. The van der Waals surface area contributed by atoms with Crippen molar-refractivity contribution in [1.82, 2.24) is 5.32 Å². The number of hydrogen-bond donors (Lipinski definition) is 2. The average Bonchev–Trinajstić information content (AvgIpc) is 3.28. The zero-order valence-corrected chi connectivity index (χ0v) is 20.9. The maximum absolute atomic E-state index is 15.3. The molecule has 1 heterocycles. The zero-order chi connectivity index (χ0) is 25.5. The van der Waals surface area contributed by atoms with Gasteiger partial charge in [0.2, 0.25) is 0 Å². The fourth-order valence-electron chi connectivity index (χ4n) is 4.35. The highest BCUT2D eigenvalue weighted by Gasteiger charge is 2.42. The van der Waals surface area contributed by atoms with E-state index in [-0.39, 0.29) is 25.3 Å². The fourth-order valence-corrected chi connectivity index (χ4v) is 4.62. The van der Waals surface area contributed by atoms with Crippen LogP contribution in [0.1, 0.15) is 30.9 Å². The maximum atomic E-state index is 15.3. The van der Waals surface area contributed by atoms with Crippen molar-refractivity contribution >= 4 is 17.7 Å². The van der Waals surface area contributed by atoms with E-state index in [9.17, 15) is 4.79 Å². The second kappa shape index (κ2) is 11.6. The molecule has 0 saturated heterocycles. The molecule has 1 aliphatic heterocycles. The number of benzene rings is 3. The third-order valence-corrected chi connectivity index (χ3v) is 6.52. The van der Waals surface area contributed by atoms with Gasteiger partial charge in [0, 0.05) is 29.1 Å². The summed E-state index contributed by atoms with van der Waals surface area (Å²) in [6.07, 6.45) is 1.66. The van der Waals surface area contributed by atoms with Gasteiger partial charge < -0.3 is 25.3 Å². The molecule has 1 atom stereocenters. The number of ether oxygens (including phenoxy) is 3. The Labute approximate surface area is 215 Å². The molecule has 0 radical (unpaired) electrons. The lowest BCUT2D eigenvalue weighted by molar-refractivity contribution is 0.103. The summed E-state index contributed by atoms with van der Waals surface area (Å²) >= 11 is 6.65. The molecule has 4 rings (SSSR count). The van der Waals surface area contributed by atoms with Gasteiger partial charge in [-0.1, -0.05) is 61.3 Å². The van der Waals surface area contributed by atoms with Crippen LogP contribution >= 0.6 is 11.6 Å². The van der Waals surface area contributed by atoms with Gasteiger partial charge in [-0.3, -0.25) is 0 Å².